The maximum Gasteiger partial charge on any atom is 0.231 e. The van der Waals surface area contributed by atoms with Crippen LogP contribution < -0.4 is 5.32 Å². The lowest BCUT2D eigenvalue weighted by Gasteiger charge is -2.21. The Bertz CT molecular complexity index is 431. The quantitative estimate of drug-likeness (QED) is 0.840. The third-order valence-electron chi connectivity index (χ3n) is 4.72. The summed E-state index contributed by atoms with van der Waals surface area (Å²) in [5.74, 6) is 2.47. The molecule has 2 aliphatic carbocycles. The first-order valence-corrected chi connectivity index (χ1v) is 7.87. The topological polar surface area (TPSA) is 60.2 Å². The fourth-order valence-electron chi connectivity index (χ4n) is 3.37. The first-order chi connectivity index (χ1) is 9.83. The van der Waals surface area contributed by atoms with Gasteiger partial charge in [-0.2, -0.15) is 4.98 Å². The van der Waals surface area contributed by atoms with Crippen molar-refractivity contribution >= 4 is 0 Å². The highest BCUT2D eigenvalue weighted by atomic mass is 16.5. The number of hydrogen-bond donors (Lipinski definition) is 1. The highest BCUT2D eigenvalue weighted by Crippen LogP contribution is 2.42. The summed E-state index contributed by atoms with van der Waals surface area (Å²) in [6.07, 6.45) is 8.60. The van der Waals surface area contributed by atoms with E-state index in [1.807, 2.05) is 7.05 Å². The van der Waals surface area contributed by atoms with E-state index in [0.717, 1.165) is 18.1 Å². The molecule has 1 aromatic rings. The van der Waals surface area contributed by atoms with E-state index in [4.69, 9.17) is 9.26 Å². The summed E-state index contributed by atoms with van der Waals surface area (Å²) >= 11 is 0. The van der Waals surface area contributed by atoms with Crippen LogP contribution in [0.2, 0.25) is 0 Å². The fourth-order valence-corrected chi connectivity index (χ4v) is 3.37. The number of rotatable bonds is 5. The van der Waals surface area contributed by atoms with Crippen molar-refractivity contribution in [3.05, 3.63) is 11.7 Å². The van der Waals surface area contributed by atoms with Crippen molar-refractivity contribution in [1.82, 2.24) is 15.5 Å². The summed E-state index contributed by atoms with van der Waals surface area (Å²) in [5, 5.41) is 7.61. The minimum atomic E-state index is 0.0197. The third kappa shape index (κ3) is 2.88. The molecule has 1 N–H and O–H groups in total. The number of nitrogens with one attached hydrogen (secondary N) is 1. The molecule has 0 spiro atoms. The minimum Gasteiger partial charge on any atom is -0.373 e. The van der Waals surface area contributed by atoms with Gasteiger partial charge in [-0.15, -0.1) is 0 Å². The molecule has 1 heterocycles. The minimum absolute atomic E-state index is 0.0197. The molecule has 0 aromatic carbocycles. The number of hydrogen-bond acceptors (Lipinski definition) is 5. The predicted octanol–water partition coefficient (Wildman–Crippen LogP) is 2.80. The Balaban J connectivity index is 1.76. The van der Waals surface area contributed by atoms with E-state index in [1.54, 1.807) is 7.11 Å². The van der Waals surface area contributed by atoms with Crippen molar-refractivity contribution < 1.29 is 9.26 Å². The van der Waals surface area contributed by atoms with E-state index < -0.39 is 0 Å². The molecule has 3 rings (SSSR count). The molecule has 0 bridgehead atoms. The van der Waals surface area contributed by atoms with E-state index in [2.05, 4.69) is 15.5 Å². The molecule has 1 aromatic heterocycles. The molecule has 2 saturated carbocycles. The Labute approximate surface area is 120 Å². The Morgan fingerprint density at radius 3 is 2.70 bits per heavy atom. The lowest BCUT2D eigenvalue weighted by molar-refractivity contribution is 0.0751. The van der Waals surface area contributed by atoms with Crippen LogP contribution in [0.25, 0.3) is 0 Å². The van der Waals surface area contributed by atoms with E-state index in [1.165, 1.54) is 38.5 Å². The van der Waals surface area contributed by atoms with Crippen LogP contribution in [0.5, 0.6) is 0 Å². The molecule has 0 radical (unpaired) electrons. The van der Waals surface area contributed by atoms with Gasteiger partial charge in [0.25, 0.3) is 0 Å². The van der Waals surface area contributed by atoms with E-state index in [0.29, 0.717) is 17.9 Å². The largest absolute Gasteiger partial charge is 0.373 e. The molecule has 20 heavy (non-hydrogen) atoms. The Kier molecular flexibility index (Phi) is 4.36. The van der Waals surface area contributed by atoms with Gasteiger partial charge in [-0.1, -0.05) is 24.4 Å². The predicted molar refractivity (Wildman–Crippen MR) is 75.4 cm³/mol. The summed E-state index contributed by atoms with van der Waals surface area (Å²) in [4.78, 5) is 4.66. The molecule has 2 aliphatic rings. The van der Waals surface area contributed by atoms with Crippen molar-refractivity contribution in [2.75, 3.05) is 14.2 Å². The fraction of sp³-hybridized carbons (Fsp3) is 0.867. The molecule has 3 atom stereocenters. The monoisotopic (exact) mass is 279 g/mol. The van der Waals surface area contributed by atoms with Crippen molar-refractivity contribution in [3.63, 3.8) is 0 Å². The van der Waals surface area contributed by atoms with Gasteiger partial charge < -0.3 is 14.6 Å². The summed E-state index contributed by atoms with van der Waals surface area (Å²) in [6.45, 7) is 0. The molecule has 0 saturated heterocycles. The van der Waals surface area contributed by atoms with Gasteiger partial charge in [-0.05, 0) is 38.6 Å². The first-order valence-electron chi connectivity index (χ1n) is 7.87. The van der Waals surface area contributed by atoms with Gasteiger partial charge in [0, 0.05) is 13.2 Å². The van der Waals surface area contributed by atoms with Crippen LogP contribution >= 0.6 is 0 Å². The molecular weight excluding hydrogens is 254 g/mol. The average molecular weight is 279 g/mol. The van der Waals surface area contributed by atoms with Gasteiger partial charge in [0.1, 0.15) is 6.10 Å². The lowest BCUT2D eigenvalue weighted by atomic mass is 9.95. The zero-order chi connectivity index (χ0) is 13.9. The summed E-state index contributed by atoms with van der Waals surface area (Å²) in [5.41, 5.74) is 0. The zero-order valence-electron chi connectivity index (χ0n) is 12.5. The van der Waals surface area contributed by atoms with Gasteiger partial charge in [-0.25, -0.2) is 0 Å². The first kappa shape index (κ1) is 14.0. The summed E-state index contributed by atoms with van der Waals surface area (Å²) < 4.78 is 11.1. The van der Waals surface area contributed by atoms with Crippen molar-refractivity contribution in [2.45, 2.75) is 63.0 Å². The van der Waals surface area contributed by atoms with E-state index >= 15 is 0 Å². The third-order valence-corrected chi connectivity index (χ3v) is 4.72. The van der Waals surface area contributed by atoms with E-state index in [-0.39, 0.29) is 6.10 Å². The molecule has 5 nitrogen and oxygen atoms in total. The maximum absolute atomic E-state index is 5.57. The zero-order valence-corrected chi connectivity index (χ0v) is 12.5. The second-order valence-electron chi connectivity index (χ2n) is 6.12. The number of aromatic nitrogens is 2. The Hall–Kier alpha value is -0.940. The van der Waals surface area contributed by atoms with Crippen LogP contribution in [0.4, 0.5) is 0 Å². The number of methoxy groups -OCH3 is 1. The molecule has 5 heteroatoms. The molecule has 2 fully saturated rings. The second kappa shape index (κ2) is 6.22. The summed E-state index contributed by atoms with van der Waals surface area (Å²) in [7, 11) is 3.77. The van der Waals surface area contributed by atoms with Crippen LogP contribution in [0.3, 0.4) is 0 Å². The molecule has 112 valence electrons. The van der Waals surface area contributed by atoms with Gasteiger partial charge in [-0.3, -0.25) is 0 Å². The normalized spacial score (nSPS) is 29.1. The van der Waals surface area contributed by atoms with Gasteiger partial charge >= 0.3 is 0 Å². The average Bonchev–Trinajstić information content (AvgIpc) is 3.23. The van der Waals surface area contributed by atoms with Crippen LogP contribution in [-0.2, 0) is 4.74 Å². The highest BCUT2D eigenvalue weighted by molar-refractivity contribution is 5.04. The molecular formula is C15H25N3O2. The number of ether oxygens (including phenoxy) is 1. The molecule has 0 amide bonds. The maximum atomic E-state index is 5.57. The molecule has 3 unspecified atom stereocenters. The van der Waals surface area contributed by atoms with Crippen LogP contribution in [0.1, 0.15) is 68.7 Å². The van der Waals surface area contributed by atoms with Gasteiger partial charge in [0.15, 0.2) is 0 Å². The Morgan fingerprint density at radius 2 is 2.00 bits per heavy atom. The van der Waals surface area contributed by atoms with E-state index in [9.17, 15) is 0 Å². The Morgan fingerprint density at radius 1 is 1.20 bits per heavy atom. The van der Waals surface area contributed by atoms with Crippen molar-refractivity contribution in [2.24, 2.45) is 5.92 Å². The van der Waals surface area contributed by atoms with Crippen LogP contribution in [0.15, 0.2) is 4.52 Å². The van der Waals surface area contributed by atoms with Crippen LogP contribution in [-0.4, -0.2) is 30.3 Å². The van der Waals surface area contributed by atoms with Crippen LogP contribution in [0, 0.1) is 5.92 Å². The van der Waals surface area contributed by atoms with Crippen molar-refractivity contribution in [1.29, 1.82) is 0 Å². The van der Waals surface area contributed by atoms with Gasteiger partial charge in [0.05, 0.1) is 5.92 Å². The molecule has 0 aliphatic heterocycles. The lowest BCUT2D eigenvalue weighted by Crippen LogP contribution is -2.31. The van der Waals surface area contributed by atoms with Crippen molar-refractivity contribution in [3.8, 4) is 0 Å². The second-order valence-corrected chi connectivity index (χ2v) is 6.12. The SMILES string of the molecule is CNC1CCCCCC1c1nc(C(OC)C2CC2)no1. The van der Waals surface area contributed by atoms with Gasteiger partial charge in [0.2, 0.25) is 11.7 Å². The summed E-state index contributed by atoms with van der Waals surface area (Å²) in [6, 6.07) is 0.452. The standard InChI is InChI=1S/C15H25N3O2/c1-16-12-7-5-3-4-6-11(12)15-17-14(18-20-15)13(19-2)10-8-9-10/h10-13,16H,3-9H2,1-2H3. The highest BCUT2D eigenvalue weighted by Gasteiger charge is 2.37. The number of likely N-dealkylation sites (N-methyl/N-ethyl adjacent to an activating group) is 1. The number of nitrogens with zero attached hydrogens (tertiary/aromatic N) is 2. The smallest absolute Gasteiger partial charge is 0.231 e.